The van der Waals surface area contributed by atoms with Gasteiger partial charge in [0.25, 0.3) is 0 Å². The van der Waals surface area contributed by atoms with Crippen molar-refractivity contribution in [2.24, 2.45) is 17.4 Å². The molecule has 0 heterocycles. The van der Waals surface area contributed by atoms with E-state index in [2.05, 4.69) is 6.92 Å². The molecule has 0 spiro atoms. The summed E-state index contributed by atoms with van der Waals surface area (Å²) in [6.45, 7) is 3.24. The lowest BCUT2D eigenvalue weighted by Gasteiger charge is -2.21. The van der Waals surface area contributed by atoms with E-state index in [1.54, 1.807) is 18.2 Å². The normalized spacial score (nSPS) is 13.7. The van der Waals surface area contributed by atoms with Crippen LogP contribution in [0.5, 0.6) is 0 Å². The first-order chi connectivity index (χ1) is 8.92. The van der Waals surface area contributed by atoms with E-state index in [1.165, 1.54) is 6.26 Å². The van der Waals surface area contributed by atoms with Gasteiger partial charge in [0.1, 0.15) is 0 Å². The molecule has 1 aromatic rings. The molecule has 0 saturated heterocycles. The Morgan fingerprint density at radius 2 is 1.84 bits per heavy atom. The highest BCUT2D eigenvalue weighted by atomic mass is 32.2. The molecule has 0 aliphatic rings. The predicted molar refractivity (Wildman–Crippen MR) is 78.8 cm³/mol. The summed E-state index contributed by atoms with van der Waals surface area (Å²) < 4.78 is 23.2. The minimum Gasteiger partial charge on any atom is -0.330 e. The third kappa shape index (κ3) is 4.60. The Balaban J connectivity index is 2.99. The molecule has 1 unspecified atom stereocenters. The lowest BCUT2D eigenvalue weighted by atomic mass is 9.87. The molecular weight excluding hydrogens is 260 g/mol. The summed E-state index contributed by atoms with van der Waals surface area (Å²) in [4.78, 5) is 0.375. The van der Waals surface area contributed by atoms with Crippen molar-refractivity contribution in [3.63, 3.8) is 0 Å². The summed E-state index contributed by atoms with van der Waals surface area (Å²) in [5.41, 5.74) is 12.4. The first-order valence-corrected chi connectivity index (χ1v) is 8.51. The van der Waals surface area contributed by atoms with Crippen molar-refractivity contribution in [2.75, 3.05) is 19.3 Å². The number of rotatable bonds is 7. The zero-order chi connectivity index (χ0) is 14.5. The molecule has 0 aliphatic heterocycles. The van der Waals surface area contributed by atoms with Crippen molar-refractivity contribution in [3.8, 4) is 0 Å². The van der Waals surface area contributed by atoms with Crippen LogP contribution in [-0.2, 0) is 9.84 Å². The zero-order valence-corrected chi connectivity index (χ0v) is 12.5. The van der Waals surface area contributed by atoms with Gasteiger partial charge in [-0.2, -0.15) is 0 Å². The summed E-state index contributed by atoms with van der Waals surface area (Å²) in [6.07, 6.45) is 3.08. The molecule has 5 heteroatoms. The van der Waals surface area contributed by atoms with Gasteiger partial charge >= 0.3 is 0 Å². The van der Waals surface area contributed by atoms with Gasteiger partial charge in [-0.25, -0.2) is 8.42 Å². The molecule has 0 bridgehead atoms. The largest absolute Gasteiger partial charge is 0.330 e. The van der Waals surface area contributed by atoms with Crippen molar-refractivity contribution in [1.29, 1.82) is 0 Å². The summed E-state index contributed by atoms with van der Waals surface area (Å²) in [5.74, 6) is 0.589. The van der Waals surface area contributed by atoms with Crippen molar-refractivity contribution in [1.82, 2.24) is 0 Å². The minimum atomic E-state index is -3.16. The molecule has 0 aliphatic carbocycles. The van der Waals surface area contributed by atoms with E-state index in [1.807, 2.05) is 6.07 Å². The van der Waals surface area contributed by atoms with Crippen LogP contribution in [0.3, 0.4) is 0 Å². The average Bonchev–Trinajstić information content (AvgIpc) is 2.39. The number of nitrogens with two attached hydrogens (primary N) is 2. The van der Waals surface area contributed by atoms with Crippen molar-refractivity contribution in [2.45, 2.75) is 30.6 Å². The van der Waals surface area contributed by atoms with Gasteiger partial charge in [-0.3, -0.25) is 0 Å². The quantitative estimate of drug-likeness (QED) is 0.794. The van der Waals surface area contributed by atoms with E-state index >= 15 is 0 Å². The molecule has 1 aromatic carbocycles. The fourth-order valence-corrected chi connectivity index (χ4v) is 2.90. The topological polar surface area (TPSA) is 86.2 Å². The van der Waals surface area contributed by atoms with Gasteiger partial charge in [-0.1, -0.05) is 19.1 Å². The lowest BCUT2D eigenvalue weighted by Crippen LogP contribution is -2.25. The summed E-state index contributed by atoms with van der Waals surface area (Å²) in [7, 11) is -3.16. The van der Waals surface area contributed by atoms with Gasteiger partial charge in [0, 0.05) is 6.26 Å². The van der Waals surface area contributed by atoms with Crippen LogP contribution in [0.1, 0.15) is 31.2 Å². The van der Waals surface area contributed by atoms with Gasteiger partial charge in [-0.15, -0.1) is 0 Å². The number of sulfone groups is 1. The van der Waals surface area contributed by atoms with Crippen LogP contribution in [0.4, 0.5) is 0 Å². The van der Waals surface area contributed by atoms with E-state index in [0.29, 0.717) is 23.9 Å². The van der Waals surface area contributed by atoms with E-state index in [4.69, 9.17) is 11.5 Å². The van der Waals surface area contributed by atoms with E-state index in [-0.39, 0.29) is 5.92 Å². The SMILES string of the molecule is CCC(CC(CN)CN)c1cccc(S(C)(=O)=O)c1. The molecule has 0 radical (unpaired) electrons. The number of hydrogen-bond donors (Lipinski definition) is 2. The maximum absolute atomic E-state index is 11.6. The van der Waals surface area contributed by atoms with E-state index < -0.39 is 9.84 Å². The second-order valence-corrected chi connectivity index (χ2v) is 7.04. The van der Waals surface area contributed by atoms with Crippen LogP contribution in [-0.4, -0.2) is 27.8 Å². The molecule has 19 heavy (non-hydrogen) atoms. The predicted octanol–water partition coefficient (Wildman–Crippen LogP) is 1.51. The number of hydrogen-bond acceptors (Lipinski definition) is 4. The van der Waals surface area contributed by atoms with Crippen molar-refractivity contribution in [3.05, 3.63) is 29.8 Å². The third-order valence-electron chi connectivity index (χ3n) is 3.53. The van der Waals surface area contributed by atoms with Crippen LogP contribution in [0.2, 0.25) is 0 Å². The van der Waals surface area contributed by atoms with Gasteiger partial charge < -0.3 is 11.5 Å². The van der Waals surface area contributed by atoms with Crippen LogP contribution in [0, 0.1) is 5.92 Å². The van der Waals surface area contributed by atoms with Gasteiger partial charge in [0.15, 0.2) is 9.84 Å². The summed E-state index contributed by atoms with van der Waals surface area (Å²) in [6, 6.07) is 7.18. The van der Waals surface area contributed by atoms with E-state index in [9.17, 15) is 8.42 Å². The van der Waals surface area contributed by atoms with Crippen molar-refractivity contribution < 1.29 is 8.42 Å². The highest BCUT2D eigenvalue weighted by Crippen LogP contribution is 2.28. The molecule has 4 N–H and O–H groups in total. The van der Waals surface area contributed by atoms with Crippen LogP contribution < -0.4 is 11.5 Å². The first kappa shape index (κ1) is 16.1. The van der Waals surface area contributed by atoms with Crippen LogP contribution in [0.25, 0.3) is 0 Å². The maximum atomic E-state index is 11.6. The molecule has 4 nitrogen and oxygen atoms in total. The first-order valence-electron chi connectivity index (χ1n) is 6.62. The molecule has 1 rings (SSSR count). The highest BCUT2D eigenvalue weighted by molar-refractivity contribution is 7.90. The summed E-state index contributed by atoms with van der Waals surface area (Å²) in [5, 5.41) is 0. The molecule has 0 aromatic heterocycles. The summed E-state index contributed by atoms with van der Waals surface area (Å²) >= 11 is 0. The Hall–Kier alpha value is -0.910. The third-order valence-corrected chi connectivity index (χ3v) is 4.65. The monoisotopic (exact) mass is 284 g/mol. The zero-order valence-electron chi connectivity index (χ0n) is 11.7. The Morgan fingerprint density at radius 1 is 1.21 bits per heavy atom. The molecular formula is C14H24N2O2S. The lowest BCUT2D eigenvalue weighted by molar-refractivity contribution is 0.442. The molecule has 108 valence electrons. The fourth-order valence-electron chi connectivity index (χ4n) is 2.23. The molecule has 0 saturated carbocycles. The Labute approximate surface area is 116 Å². The van der Waals surface area contributed by atoms with E-state index in [0.717, 1.165) is 18.4 Å². The van der Waals surface area contributed by atoms with Gasteiger partial charge in [0.2, 0.25) is 0 Å². The minimum absolute atomic E-state index is 0.284. The molecule has 1 atom stereocenters. The van der Waals surface area contributed by atoms with Gasteiger partial charge in [-0.05, 0) is 55.5 Å². The molecule has 0 fully saturated rings. The fraction of sp³-hybridized carbons (Fsp3) is 0.571. The van der Waals surface area contributed by atoms with Gasteiger partial charge in [0.05, 0.1) is 4.90 Å². The maximum Gasteiger partial charge on any atom is 0.175 e. The van der Waals surface area contributed by atoms with Crippen molar-refractivity contribution >= 4 is 9.84 Å². The average molecular weight is 284 g/mol. The second-order valence-electron chi connectivity index (χ2n) is 5.02. The Morgan fingerprint density at radius 3 is 2.32 bits per heavy atom. The standard InChI is InChI=1S/C14H24N2O2S/c1-3-12(7-11(9-15)10-16)13-5-4-6-14(8-13)19(2,17)18/h4-6,8,11-12H,3,7,9-10,15-16H2,1-2H3. The molecule has 0 amide bonds. The van der Waals surface area contributed by atoms with Crippen LogP contribution >= 0.6 is 0 Å². The second kappa shape index (κ2) is 7.03. The van der Waals surface area contributed by atoms with Crippen LogP contribution in [0.15, 0.2) is 29.2 Å². The highest BCUT2D eigenvalue weighted by Gasteiger charge is 2.17. The smallest absolute Gasteiger partial charge is 0.175 e. The Bertz CT molecular complexity index is 496. The Kier molecular flexibility index (Phi) is 5.97. The number of benzene rings is 1.